The van der Waals surface area contributed by atoms with Gasteiger partial charge in [-0.05, 0) is 25.1 Å². The van der Waals surface area contributed by atoms with Crippen LogP contribution in [0, 0.1) is 0 Å². The second-order valence-electron chi connectivity index (χ2n) is 8.27. The monoisotopic (exact) mass is 538 g/mol. The summed E-state index contributed by atoms with van der Waals surface area (Å²) >= 11 is 2.15. The Labute approximate surface area is 193 Å². The fraction of sp³-hybridized carbons (Fsp3) is 0.435. The van der Waals surface area contributed by atoms with Crippen molar-refractivity contribution in [3.05, 3.63) is 41.0 Å². The number of Topliss-reactive ketones (excluding diaryl/α,β-unsaturated/α-hetero) is 1. The van der Waals surface area contributed by atoms with E-state index in [0.29, 0.717) is 45.2 Å². The number of aliphatic hydroxyl groups is 1. The van der Waals surface area contributed by atoms with Gasteiger partial charge in [-0.2, -0.15) is 0 Å². The van der Waals surface area contributed by atoms with E-state index in [0.717, 1.165) is 11.1 Å². The van der Waals surface area contributed by atoms with Crippen molar-refractivity contribution < 1.29 is 33.6 Å². The molecule has 0 unspecified atom stereocenters. The van der Waals surface area contributed by atoms with Gasteiger partial charge in [-0.15, -0.1) is 0 Å². The molecule has 1 N–H and O–H groups in total. The van der Waals surface area contributed by atoms with Gasteiger partial charge in [0.25, 0.3) is 0 Å². The molecule has 164 valence electrons. The Kier molecular flexibility index (Phi) is 4.97. The molecular formula is C23H23IO7. The van der Waals surface area contributed by atoms with Crippen molar-refractivity contribution >= 4 is 28.4 Å². The van der Waals surface area contributed by atoms with Gasteiger partial charge < -0.3 is 28.8 Å². The van der Waals surface area contributed by atoms with Crippen molar-refractivity contribution in [1.29, 1.82) is 0 Å². The van der Waals surface area contributed by atoms with Crippen LogP contribution in [0.25, 0.3) is 0 Å². The lowest BCUT2D eigenvalue weighted by molar-refractivity contribution is -0.0167. The average Bonchev–Trinajstić information content (AvgIpc) is 3.23. The van der Waals surface area contributed by atoms with Crippen LogP contribution in [0.1, 0.15) is 34.3 Å². The van der Waals surface area contributed by atoms with Crippen molar-refractivity contribution in [2.75, 3.05) is 25.3 Å². The minimum atomic E-state index is -0.976. The van der Waals surface area contributed by atoms with E-state index >= 15 is 0 Å². The van der Waals surface area contributed by atoms with E-state index in [1.807, 2.05) is 0 Å². The standard InChI is InChI=1S/C23H23IO7/c1-23(26,10-24)19-7-13-14(30-19)5-4-11-21(25)20-12-6-16(27-2)17(28-3)8-15(12)29-9-18(20)31-22(11)13/h4-6,8,18-20,26H,7,9-10H2,1-3H3/t18-,19-,20+,23-/m1/s1. The molecular weight excluding hydrogens is 515 g/mol. The lowest BCUT2D eigenvalue weighted by Gasteiger charge is -2.37. The molecule has 0 bridgehead atoms. The molecule has 0 aliphatic carbocycles. The maximum absolute atomic E-state index is 13.6. The summed E-state index contributed by atoms with van der Waals surface area (Å²) in [6.45, 7) is 2.01. The minimum absolute atomic E-state index is 0.0186. The molecule has 4 atom stereocenters. The highest BCUT2D eigenvalue weighted by molar-refractivity contribution is 14.1. The number of methoxy groups -OCH3 is 2. The van der Waals surface area contributed by atoms with Gasteiger partial charge in [0, 0.05) is 28.0 Å². The third-order valence-corrected chi connectivity index (χ3v) is 7.83. The molecule has 0 radical (unpaired) electrons. The van der Waals surface area contributed by atoms with Gasteiger partial charge in [-0.25, -0.2) is 0 Å². The summed E-state index contributed by atoms with van der Waals surface area (Å²) in [4.78, 5) is 13.6. The number of rotatable bonds is 4. The van der Waals surface area contributed by atoms with E-state index < -0.39 is 17.6 Å². The molecule has 0 saturated carbocycles. The minimum Gasteiger partial charge on any atom is -0.493 e. The Hall–Kier alpha value is -2.20. The van der Waals surface area contributed by atoms with Crippen LogP contribution in [0.3, 0.4) is 0 Å². The summed E-state index contributed by atoms with van der Waals surface area (Å²) in [6, 6.07) is 7.10. The van der Waals surface area contributed by atoms with Crippen LogP contribution < -0.4 is 23.7 Å². The zero-order chi connectivity index (χ0) is 21.9. The van der Waals surface area contributed by atoms with Gasteiger partial charge >= 0.3 is 0 Å². The number of halogens is 1. The largest absolute Gasteiger partial charge is 0.493 e. The highest BCUT2D eigenvalue weighted by Gasteiger charge is 2.47. The zero-order valence-electron chi connectivity index (χ0n) is 17.4. The quantitative estimate of drug-likeness (QED) is 0.473. The topological polar surface area (TPSA) is 83.5 Å². The fourth-order valence-electron chi connectivity index (χ4n) is 4.50. The molecule has 5 rings (SSSR count). The van der Waals surface area contributed by atoms with Crippen LogP contribution in [-0.2, 0) is 6.42 Å². The van der Waals surface area contributed by atoms with Crippen molar-refractivity contribution in [3.63, 3.8) is 0 Å². The smallest absolute Gasteiger partial charge is 0.178 e. The predicted octanol–water partition coefficient (Wildman–Crippen LogP) is 3.31. The first-order valence-corrected chi connectivity index (χ1v) is 11.6. The Morgan fingerprint density at radius 3 is 2.61 bits per heavy atom. The molecule has 0 spiro atoms. The van der Waals surface area contributed by atoms with Crippen molar-refractivity contribution in [2.24, 2.45) is 0 Å². The predicted molar refractivity (Wildman–Crippen MR) is 121 cm³/mol. The van der Waals surface area contributed by atoms with Gasteiger partial charge in [0.2, 0.25) is 0 Å². The molecule has 0 saturated heterocycles. The first-order chi connectivity index (χ1) is 14.9. The van der Waals surface area contributed by atoms with Crippen LogP contribution in [0.5, 0.6) is 28.7 Å². The molecule has 2 aromatic rings. The van der Waals surface area contributed by atoms with Crippen LogP contribution in [0.2, 0.25) is 0 Å². The fourth-order valence-corrected chi connectivity index (χ4v) is 4.99. The molecule has 3 heterocycles. The molecule has 0 amide bonds. The summed E-state index contributed by atoms with van der Waals surface area (Å²) in [6.07, 6.45) is -0.356. The number of alkyl halides is 1. The Morgan fingerprint density at radius 2 is 1.90 bits per heavy atom. The summed E-state index contributed by atoms with van der Waals surface area (Å²) in [7, 11) is 3.12. The number of carbonyl (C=O) groups excluding carboxylic acids is 1. The highest BCUT2D eigenvalue weighted by Crippen LogP contribution is 2.50. The van der Waals surface area contributed by atoms with E-state index in [1.165, 1.54) is 0 Å². The maximum atomic E-state index is 13.6. The number of hydrogen-bond donors (Lipinski definition) is 1. The van der Waals surface area contributed by atoms with E-state index in [4.69, 9.17) is 23.7 Å². The highest BCUT2D eigenvalue weighted by atomic mass is 127. The number of ketones is 1. The van der Waals surface area contributed by atoms with Crippen LogP contribution in [0.15, 0.2) is 24.3 Å². The van der Waals surface area contributed by atoms with E-state index in [-0.39, 0.29) is 18.5 Å². The molecule has 0 aromatic heterocycles. The molecule has 3 aliphatic heterocycles. The molecule has 3 aliphatic rings. The molecule has 8 heteroatoms. The SMILES string of the molecule is COc1cc2c(cc1OC)[C@@H]1C(=O)c3ccc4c(c3O[C@@H]1CO2)C[C@H]([C@](C)(O)CI)O4. The molecule has 2 aromatic carbocycles. The number of carbonyl (C=O) groups is 1. The summed E-state index contributed by atoms with van der Waals surface area (Å²) < 4.78 is 29.6. The Balaban J connectivity index is 1.55. The maximum Gasteiger partial charge on any atom is 0.178 e. The molecule has 7 nitrogen and oxygen atoms in total. The van der Waals surface area contributed by atoms with Crippen LogP contribution in [0.4, 0.5) is 0 Å². The van der Waals surface area contributed by atoms with Gasteiger partial charge in [0.15, 0.2) is 17.3 Å². The first kappa shape index (κ1) is 20.7. The van der Waals surface area contributed by atoms with Crippen LogP contribution >= 0.6 is 22.6 Å². The third-order valence-electron chi connectivity index (χ3n) is 6.28. The first-order valence-electron chi connectivity index (χ1n) is 10.1. The van der Waals surface area contributed by atoms with E-state index in [1.54, 1.807) is 45.4 Å². The van der Waals surface area contributed by atoms with Crippen molar-refractivity contribution in [3.8, 4) is 28.7 Å². The Morgan fingerprint density at radius 1 is 1.16 bits per heavy atom. The Bertz CT molecular complexity index is 1060. The van der Waals surface area contributed by atoms with Gasteiger partial charge in [0.05, 0.1) is 25.7 Å². The van der Waals surface area contributed by atoms with Gasteiger partial charge in [-0.1, -0.05) is 22.6 Å². The van der Waals surface area contributed by atoms with Crippen LogP contribution in [-0.4, -0.2) is 54.0 Å². The second kappa shape index (κ2) is 7.44. The molecule has 31 heavy (non-hydrogen) atoms. The summed E-state index contributed by atoms with van der Waals surface area (Å²) in [5.41, 5.74) is 1.11. The van der Waals surface area contributed by atoms with Gasteiger partial charge in [-0.3, -0.25) is 4.79 Å². The zero-order valence-corrected chi connectivity index (χ0v) is 19.6. The normalized spacial score (nSPS) is 24.9. The number of hydrogen-bond acceptors (Lipinski definition) is 7. The number of ether oxygens (including phenoxy) is 5. The lowest BCUT2D eigenvalue weighted by atomic mass is 9.81. The lowest BCUT2D eigenvalue weighted by Crippen LogP contribution is -2.44. The van der Waals surface area contributed by atoms with E-state index in [2.05, 4.69) is 22.6 Å². The number of benzene rings is 2. The molecule has 0 fully saturated rings. The number of fused-ring (bicyclic) bond motifs is 6. The van der Waals surface area contributed by atoms with Gasteiger partial charge in [0.1, 0.15) is 41.7 Å². The van der Waals surface area contributed by atoms with E-state index in [9.17, 15) is 9.90 Å². The summed E-state index contributed by atoms with van der Waals surface area (Å²) in [5, 5.41) is 10.7. The summed E-state index contributed by atoms with van der Waals surface area (Å²) in [5.74, 6) is 2.37. The van der Waals surface area contributed by atoms with Crippen molar-refractivity contribution in [1.82, 2.24) is 0 Å². The second-order valence-corrected chi connectivity index (χ2v) is 9.04. The average molecular weight is 538 g/mol. The van der Waals surface area contributed by atoms with Crippen molar-refractivity contribution in [2.45, 2.75) is 37.1 Å². The third kappa shape index (κ3) is 3.14.